The number of nitro groups is 1. The van der Waals surface area contributed by atoms with Crippen LogP contribution in [-0.2, 0) is 4.79 Å². The van der Waals surface area contributed by atoms with Crippen LogP contribution < -0.4 is 16.0 Å². The Hall–Kier alpha value is -1.86. The van der Waals surface area contributed by atoms with Crippen LogP contribution in [0.3, 0.4) is 0 Å². The van der Waals surface area contributed by atoms with Crippen LogP contribution in [-0.4, -0.2) is 16.9 Å². The normalized spacial score (nSPS) is 11.7. The van der Waals surface area contributed by atoms with Crippen LogP contribution in [0.2, 0.25) is 5.02 Å². The van der Waals surface area contributed by atoms with Crippen molar-refractivity contribution < 1.29 is 14.5 Å². The van der Waals surface area contributed by atoms with E-state index in [0.29, 0.717) is 6.42 Å². The molecule has 1 aromatic carbocycles. The second kappa shape index (κ2) is 6.18. The van der Waals surface area contributed by atoms with Crippen LogP contribution in [0.4, 0.5) is 5.69 Å². The second-order valence-electron chi connectivity index (χ2n) is 3.39. The fraction of sp³-hybridized carbons (Fsp3) is 0.300. The Bertz CT molecular complexity index is 466. The van der Waals surface area contributed by atoms with E-state index < -0.39 is 16.9 Å². The summed E-state index contributed by atoms with van der Waals surface area (Å²) in [4.78, 5) is 21.5. The van der Waals surface area contributed by atoms with Crippen molar-refractivity contribution in [3.63, 3.8) is 0 Å². The minimum absolute atomic E-state index is 0.0667. The molecule has 1 atom stereocenters. The van der Waals surface area contributed by atoms with Crippen LogP contribution in [0, 0.1) is 10.1 Å². The number of hydrogen-bond donors (Lipinski definition) is 2. The lowest BCUT2D eigenvalue weighted by atomic mass is 10.2. The topological polar surface area (TPSA) is 107 Å². The summed E-state index contributed by atoms with van der Waals surface area (Å²) in [7, 11) is 0. The third-order valence-electron chi connectivity index (χ3n) is 2.19. The Morgan fingerprint density at radius 3 is 2.83 bits per heavy atom. The van der Waals surface area contributed by atoms with Gasteiger partial charge in [-0.15, -0.1) is 0 Å². The quantitative estimate of drug-likeness (QED) is 0.365. The standard InChI is InChI=1S/C10H12ClN3O4/c1-2-8(10(15)13-12)18-9-5-6(11)3-4-7(9)14(16)17/h3-5,8H,2,12H2,1H3,(H,13,15). The molecule has 0 spiro atoms. The van der Waals surface area contributed by atoms with Crippen molar-refractivity contribution in [2.75, 3.05) is 0 Å². The number of carbonyl (C=O) groups is 1. The van der Waals surface area contributed by atoms with Gasteiger partial charge in [0.25, 0.3) is 5.91 Å². The SMILES string of the molecule is CCC(Oc1cc(Cl)ccc1[N+](=O)[O-])C(=O)NN. The molecule has 0 aliphatic heterocycles. The molecule has 1 unspecified atom stereocenters. The molecule has 7 nitrogen and oxygen atoms in total. The van der Waals surface area contributed by atoms with Crippen molar-refractivity contribution >= 4 is 23.2 Å². The van der Waals surface area contributed by atoms with Crippen LogP contribution >= 0.6 is 11.6 Å². The molecule has 1 aromatic rings. The molecule has 18 heavy (non-hydrogen) atoms. The van der Waals surface area contributed by atoms with Gasteiger partial charge in [-0.25, -0.2) is 5.84 Å². The summed E-state index contributed by atoms with van der Waals surface area (Å²) in [6, 6.07) is 3.87. The molecule has 0 aromatic heterocycles. The highest BCUT2D eigenvalue weighted by Gasteiger charge is 2.22. The Kier molecular flexibility index (Phi) is 4.87. The van der Waals surface area contributed by atoms with Crippen molar-refractivity contribution in [1.29, 1.82) is 0 Å². The summed E-state index contributed by atoms with van der Waals surface area (Å²) in [5.74, 6) is 4.36. The van der Waals surface area contributed by atoms with Crippen molar-refractivity contribution in [2.45, 2.75) is 19.4 Å². The first-order chi connectivity index (χ1) is 8.49. The number of hydrazine groups is 1. The lowest BCUT2D eigenvalue weighted by Gasteiger charge is -2.15. The number of nitrogens with two attached hydrogens (primary N) is 1. The molecule has 0 aliphatic rings. The maximum absolute atomic E-state index is 11.3. The van der Waals surface area contributed by atoms with E-state index in [9.17, 15) is 14.9 Å². The summed E-state index contributed by atoms with van der Waals surface area (Å²) in [6.07, 6.45) is -0.598. The fourth-order valence-corrected chi connectivity index (χ4v) is 1.46. The first-order valence-electron chi connectivity index (χ1n) is 5.10. The number of nitrogens with one attached hydrogen (secondary N) is 1. The minimum Gasteiger partial charge on any atom is -0.473 e. The average molecular weight is 274 g/mol. The predicted octanol–water partition coefficient (Wildman–Crippen LogP) is 1.40. The van der Waals surface area contributed by atoms with Gasteiger partial charge in [-0.3, -0.25) is 20.3 Å². The number of amides is 1. The largest absolute Gasteiger partial charge is 0.473 e. The van der Waals surface area contributed by atoms with Crippen molar-refractivity contribution in [3.8, 4) is 5.75 Å². The molecular formula is C10H12ClN3O4. The summed E-state index contributed by atoms with van der Waals surface area (Å²) in [5, 5.41) is 11.1. The van der Waals surface area contributed by atoms with Crippen molar-refractivity contribution in [1.82, 2.24) is 5.43 Å². The van der Waals surface area contributed by atoms with Crippen LogP contribution in [0.5, 0.6) is 5.75 Å². The molecule has 0 saturated carbocycles. The van der Waals surface area contributed by atoms with Gasteiger partial charge < -0.3 is 4.74 Å². The lowest BCUT2D eigenvalue weighted by Crippen LogP contribution is -2.41. The summed E-state index contributed by atoms with van der Waals surface area (Å²) in [6.45, 7) is 1.69. The maximum atomic E-state index is 11.3. The molecule has 1 rings (SSSR count). The van der Waals surface area contributed by atoms with Gasteiger partial charge in [0.15, 0.2) is 11.9 Å². The highest BCUT2D eigenvalue weighted by atomic mass is 35.5. The lowest BCUT2D eigenvalue weighted by molar-refractivity contribution is -0.386. The van der Waals surface area contributed by atoms with E-state index >= 15 is 0 Å². The van der Waals surface area contributed by atoms with E-state index in [1.54, 1.807) is 6.92 Å². The van der Waals surface area contributed by atoms with Gasteiger partial charge in [0.05, 0.1) is 4.92 Å². The highest BCUT2D eigenvalue weighted by molar-refractivity contribution is 6.30. The zero-order valence-electron chi connectivity index (χ0n) is 9.55. The van der Waals surface area contributed by atoms with Gasteiger partial charge in [-0.05, 0) is 12.5 Å². The Labute approximate surface area is 108 Å². The number of nitrogens with zero attached hydrogens (tertiary/aromatic N) is 1. The fourth-order valence-electron chi connectivity index (χ4n) is 1.30. The molecule has 0 aliphatic carbocycles. The van der Waals surface area contributed by atoms with E-state index in [4.69, 9.17) is 22.2 Å². The highest BCUT2D eigenvalue weighted by Crippen LogP contribution is 2.31. The van der Waals surface area contributed by atoms with E-state index in [0.717, 1.165) is 0 Å². The molecule has 8 heteroatoms. The van der Waals surface area contributed by atoms with Gasteiger partial charge in [0.2, 0.25) is 0 Å². The number of nitro benzene ring substituents is 1. The number of carbonyl (C=O) groups excluding carboxylic acids is 1. The monoisotopic (exact) mass is 273 g/mol. The van der Waals surface area contributed by atoms with Gasteiger partial charge in [0, 0.05) is 17.2 Å². The predicted molar refractivity (Wildman–Crippen MR) is 65.1 cm³/mol. The van der Waals surface area contributed by atoms with Gasteiger partial charge in [0.1, 0.15) is 0 Å². The zero-order chi connectivity index (χ0) is 13.7. The van der Waals surface area contributed by atoms with E-state index in [1.165, 1.54) is 18.2 Å². The Morgan fingerprint density at radius 2 is 2.33 bits per heavy atom. The van der Waals surface area contributed by atoms with Gasteiger partial charge in [-0.1, -0.05) is 18.5 Å². The van der Waals surface area contributed by atoms with Crippen LogP contribution in [0.25, 0.3) is 0 Å². The maximum Gasteiger partial charge on any atom is 0.311 e. The third kappa shape index (κ3) is 3.31. The van der Waals surface area contributed by atoms with Crippen molar-refractivity contribution in [2.24, 2.45) is 5.84 Å². The molecule has 98 valence electrons. The second-order valence-corrected chi connectivity index (χ2v) is 3.83. The smallest absolute Gasteiger partial charge is 0.311 e. The molecular weight excluding hydrogens is 262 g/mol. The molecule has 0 bridgehead atoms. The van der Waals surface area contributed by atoms with E-state index in [-0.39, 0.29) is 16.5 Å². The number of ether oxygens (including phenoxy) is 1. The number of rotatable bonds is 5. The first kappa shape index (κ1) is 14.2. The zero-order valence-corrected chi connectivity index (χ0v) is 10.3. The van der Waals surface area contributed by atoms with Crippen molar-refractivity contribution in [3.05, 3.63) is 33.3 Å². The molecule has 0 fully saturated rings. The van der Waals surface area contributed by atoms with E-state index in [1.807, 2.05) is 5.43 Å². The number of halogens is 1. The Morgan fingerprint density at radius 1 is 1.67 bits per heavy atom. The van der Waals surface area contributed by atoms with E-state index in [2.05, 4.69) is 0 Å². The molecule has 0 radical (unpaired) electrons. The molecule has 0 saturated heterocycles. The summed E-state index contributed by atoms with van der Waals surface area (Å²) < 4.78 is 5.27. The summed E-state index contributed by atoms with van der Waals surface area (Å²) >= 11 is 5.73. The van der Waals surface area contributed by atoms with Crippen LogP contribution in [0.1, 0.15) is 13.3 Å². The van der Waals surface area contributed by atoms with Gasteiger partial charge in [-0.2, -0.15) is 0 Å². The van der Waals surface area contributed by atoms with Gasteiger partial charge >= 0.3 is 5.69 Å². The average Bonchev–Trinajstić information content (AvgIpc) is 2.34. The number of hydrogen-bond acceptors (Lipinski definition) is 5. The molecule has 3 N–H and O–H groups in total. The first-order valence-corrected chi connectivity index (χ1v) is 5.48. The Balaban J connectivity index is 3.04. The number of benzene rings is 1. The molecule has 1 amide bonds. The summed E-state index contributed by atoms with van der Waals surface area (Å²) in [5.41, 5.74) is 1.67. The minimum atomic E-state index is -0.910. The third-order valence-corrected chi connectivity index (χ3v) is 2.43. The molecule has 0 heterocycles. The van der Waals surface area contributed by atoms with Crippen LogP contribution in [0.15, 0.2) is 18.2 Å².